The maximum Gasteiger partial charge on any atom is 0.251 e. The summed E-state index contributed by atoms with van der Waals surface area (Å²) >= 11 is 0. The lowest BCUT2D eigenvalue weighted by Gasteiger charge is -2.32. The summed E-state index contributed by atoms with van der Waals surface area (Å²) in [5, 5.41) is 3.97. The second kappa shape index (κ2) is 4.38. The summed E-state index contributed by atoms with van der Waals surface area (Å²) in [7, 11) is 0. The van der Waals surface area contributed by atoms with Crippen LogP contribution >= 0.6 is 0 Å². The lowest BCUT2D eigenvalue weighted by Crippen LogP contribution is -2.50. The van der Waals surface area contributed by atoms with E-state index in [0.29, 0.717) is 5.56 Å². The lowest BCUT2D eigenvalue weighted by atomic mass is 9.87. The molecule has 1 fully saturated rings. The minimum absolute atomic E-state index is 0.0300. The molecule has 3 rings (SSSR count). The van der Waals surface area contributed by atoms with Gasteiger partial charge in [0.05, 0.1) is 5.52 Å². The summed E-state index contributed by atoms with van der Waals surface area (Å²) in [5.41, 5.74) is 7.28. The lowest BCUT2D eigenvalue weighted by molar-refractivity contribution is 0.0910. The first-order valence-corrected chi connectivity index (χ1v) is 6.13. The van der Waals surface area contributed by atoms with Gasteiger partial charge < -0.3 is 11.1 Å². The van der Waals surface area contributed by atoms with Gasteiger partial charge in [-0.2, -0.15) is 0 Å². The highest BCUT2D eigenvalue weighted by Crippen LogP contribution is 2.19. The number of carbonyl (C=O) groups excluding carboxylic acids is 1. The van der Waals surface area contributed by atoms with Gasteiger partial charge in [0.25, 0.3) is 5.91 Å². The highest BCUT2D eigenvalue weighted by molar-refractivity contribution is 5.98. The molecule has 1 aromatic heterocycles. The zero-order valence-corrected chi connectivity index (χ0v) is 9.97. The average molecular weight is 241 g/mol. The van der Waals surface area contributed by atoms with Crippen LogP contribution < -0.4 is 11.1 Å². The van der Waals surface area contributed by atoms with E-state index in [-0.39, 0.29) is 18.0 Å². The van der Waals surface area contributed by atoms with E-state index in [2.05, 4.69) is 10.3 Å². The number of rotatable bonds is 2. The standard InChI is InChI=1S/C14H15N3O/c15-11-7-12(8-11)17-14(18)10-3-4-13-9(6-10)2-1-5-16-13/h1-6,11-12H,7-8,15H2,(H,17,18). The molecule has 1 aliphatic carbocycles. The van der Waals surface area contributed by atoms with Gasteiger partial charge in [0.1, 0.15) is 0 Å². The molecule has 0 aliphatic heterocycles. The van der Waals surface area contributed by atoms with Gasteiger partial charge in [-0.3, -0.25) is 9.78 Å². The van der Waals surface area contributed by atoms with E-state index in [9.17, 15) is 4.79 Å². The molecular weight excluding hydrogens is 226 g/mol. The average Bonchev–Trinajstić information content (AvgIpc) is 2.36. The number of hydrogen-bond donors (Lipinski definition) is 2. The zero-order valence-electron chi connectivity index (χ0n) is 9.97. The van der Waals surface area contributed by atoms with Crippen LogP contribution in [0.15, 0.2) is 36.5 Å². The summed E-state index contributed by atoms with van der Waals surface area (Å²) in [6.45, 7) is 0. The first-order valence-electron chi connectivity index (χ1n) is 6.13. The van der Waals surface area contributed by atoms with E-state index >= 15 is 0 Å². The molecule has 0 bridgehead atoms. The number of hydrogen-bond acceptors (Lipinski definition) is 3. The number of nitrogens with zero attached hydrogens (tertiary/aromatic N) is 1. The number of amides is 1. The third-order valence-electron chi connectivity index (χ3n) is 3.37. The molecule has 0 saturated heterocycles. The quantitative estimate of drug-likeness (QED) is 0.836. The van der Waals surface area contributed by atoms with E-state index in [0.717, 1.165) is 23.7 Å². The SMILES string of the molecule is NC1CC(NC(=O)c2ccc3ncccc3c2)C1. The van der Waals surface area contributed by atoms with Gasteiger partial charge in [0.15, 0.2) is 0 Å². The van der Waals surface area contributed by atoms with Crippen molar-refractivity contribution in [2.45, 2.75) is 24.9 Å². The Balaban J connectivity index is 1.79. The van der Waals surface area contributed by atoms with E-state index in [1.54, 1.807) is 6.20 Å². The van der Waals surface area contributed by atoms with Crippen molar-refractivity contribution >= 4 is 16.8 Å². The van der Waals surface area contributed by atoms with Crippen LogP contribution in [0.1, 0.15) is 23.2 Å². The van der Waals surface area contributed by atoms with E-state index in [1.807, 2.05) is 30.3 Å². The molecule has 0 spiro atoms. The van der Waals surface area contributed by atoms with Crippen LogP contribution in [0.4, 0.5) is 0 Å². The van der Waals surface area contributed by atoms with Gasteiger partial charge in [-0.25, -0.2) is 0 Å². The number of pyridine rings is 1. The van der Waals surface area contributed by atoms with Crippen molar-refractivity contribution in [3.05, 3.63) is 42.1 Å². The Hall–Kier alpha value is -1.94. The molecule has 2 aromatic rings. The predicted molar refractivity (Wildman–Crippen MR) is 70.2 cm³/mol. The molecule has 4 nitrogen and oxygen atoms in total. The van der Waals surface area contributed by atoms with Crippen LogP contribution in [0.2, 0.25) is 0 Å². The van der Waals surface area contributed by atoms with E-state index in [4.69, 9.17) is 5.73 Å². The van der Waals surface area contributed by atoms with Crippen LogP contribution in [0.3, 0.4) is 0 Å². The van der Waals surface area contributed by atoms with Gasteiger partial charge in [-0.15, -0.1) is 0 Å². The molecule has 0 atom stereocenters. The van der Waals surface area contributed by atoms with Gasteiger partial charge in [-0.05, 0) is 37.1 Å². The molecule has 4 heteroatoms. The van der Waals surface area contributed by atoms with Gasteiger partial charge in [0, 0.05) is 29.2 Å². The Morgan fingerprint density at radius 3 is 2.94 bits per heavy atom. The Morgan fingerprint density at radius 2 is 2.17 bits per heavy atom. The molecule has 18 heavy (non-hydrogen) atoms. The van der Waals surface area contributed by atoms with Crippen molar-refractivity contribution in [2.24, 2.45) is 5.73 Å². The molecule has 3 N–H and O–H groups in total. The molecule has 1 aromatic carbocycles. The Morgan fingerprint density at radius 1 is 1.33 bits per heavy atom. The third-order valence-corrected chi connectivity index (χ3v) is 3.37. The van der Waals surface area contributed by atoms with Gasteiger partial charge in [-0.1, -0.05) is 6.07 Å². The number of benzene rings is 1. The highest BCUT2D eigenvalue weighted by Gasteiger charge is 2.27. The largest absolute Gasteiger partial charge is 0.349 e. The summed E-state index contributed by atoms with van der Waals surface area (Å²) < 4.78 is 0. The van der Waals surface area contributed by atoms with Crippen LogP contribution in [0.5, 0.6) is 0 Å². The topological polar surface area (TPSA) is 68.0 Å². The second-order valence-electron chi connectivity index (χ2n) is 4.81. The van der Waals surface area contributed by atoms with Crippen molar-refractivity contribution < 1.29 is 4.79 Å². The normalized spacial score (nSPS) is 22.5. The Labute approximate surface area is 105 Å². The fraction of sp³-hybridized carbons (Fsp3) is 0.286. The van der Waals surface area contributed by atoms with Crippen molar-refractivity contribution in [1.29, 1.82) is 0 Å². The summed E-state index contributed by atoms with van der Waals surface area (Å²) in [6.07, 6.45) is 3.50. The van der Waals surface area contributed by atoms with Crippen molar-refractivity contribution in [3.63, 3.8) is 0 Å². The number of nitrogens with two attached hydrogens (primary N) is 1. The minimum Gasteiger partial charge on any atom is -0.349 e. The van der Waals surface area contributed by atoms with E-state index < -0.39 is 0 Å². The van der Waals surface area contributed by atoms with Crippen LogP contribution in [-0.2, 0) is 0 Å². The number of fused-ring (bicyclic) bond motifs is 1. The smallest absolute Gasteiger partial charge is 0.251 e. The minimum atomic E-state index is -0.0300. The summed E-state index contributed by atoms with van der Waals surface area (Å²) in [5.74, 6) is -0.0300. The van der Waals surface area contributed by atoms with Crippen molar-refractivity contribution in [3.8, 4) is 0 Å². The molecule has 1 saturated carbocycles. The molecular formula is C14H15N3O. The van der Waals surface area contributed by atoms with Crippen LogP contribution in [0.25, 0.3) is 10.9 Å². The molecule has 1 aliphatic rings. The zero-order chi connectivity index (χ0) is 12.5. The molecule has 0 unspecified atom stereocenters. The Kier molecular flexibility index (Phi) is 2.72. The first kappa shape index (κ1) is 11.2. The molecule has 1 heterocycles. The van der Waals surface area contributed by atoms with Crippen LogP contribution in [-0.4, -0.2) is 23.0 Å². The number of aromatic nitrogens is 1. The maximum absolute atomic E-state index is 12.0. The number of nitrogens with one attached hydrogen (secondary N) is 1. The van der Waals surface area contributed by atoms with Gasteiger partial charge in [0.2, 0.25) is 0 Å². The molecule has 0 radical (unpaired) electrons. The van der Waals surface area contributed by atoms with E-state index in [1.165, 1.54) is 0 Å². The van der Waals surface area contributed by atoms with Crippen molar-refractivity contribution in [2.75, 3.05) is 0 Å². The predicted octanol–water partition coefficient (Wildman–Crippen LogP) is 1.45. The van der Waals surface area contributed by atoms with Crippen LogP contribution in [0, 0.1) is 0 Å². The second-order valence-corrected chi connectivity index (χ2v) is 4.81. The Bertz CT molecular complexity index is 590. The maximum atomic E-state index is 12.0. The molecule has 1 amide bonds. The highest BCUT2D eigenvalue weighted by atomic mass is 16.1. The van der Waals surface area contributed by atoms with Gasteiger partial charge >= 0.3 is 0 Å². The summed E-state index contributed by atoms with van der Waals surface area (Å²) in [4.78, 5) is 16.3. The fourth-order valence-electron chi connectivity index (χ4n) is 2.27. The first-order chi connectivity index (χ1) is 8.72. The number of carbonyl (C=O) groups is 1. The summed E-state index contributed by atoms with van der Waals surface area (Å²) in [6, 6.07) is 9.86. The fourth-order valence-corrected chi connectivity index (χ4v) is 2.27. The molecule has 92 valence electrons. The monoisotopic (exact) mass is 241 g/mol. The van der Waals surface area contributed by atoms with Crippen molar-refractivity contribution in [1.82, 2.24) is 10.3 Å². The third kappa shape index (κ3) is 2.07.